The van der Waals surface area contributed by atoms with Gasteiger partial charge in [-0.05, 0) is 75.0 Å². The molecule has 6 rings (SSSR count). The molecule has 4 aromatic rings. The van der Waals surface area contributed by atoms with Crippen LogP contribution in [0.15, 0.2) is 78.9 Å². The van der Waals surface area contributed by atoms with Crippen molar-refractivity contribution >= 4 is 0 Å². The topological polar surface area (TPSA) is 0 Å². The van der Waals surface area contributed by atoms with Crippen LogP contribution in [0.4, 0.5) is 0 Å². The lowest BCUT2D eigenvalue weighted by atomic mass is 9.81. The first-order chi connectivity index (χ1) is 14.0. The fourth-order valence-electron chi connectivity index (χ4n) is 5.46. The summed E-state index contributed by atoms with van der Waals surface area (Å²) in [4.78, 5) is 0. The third-order valence-electron chi connectivity index (χ3n) is 6.99. The summed E-state index contributed by atoms with van der Waals surface area (Å²) in [5.41, 5.74) is 15.5. The van der Waals surface area contributed by atoms with Crippen LogP contribution in [-0.4, -0.2) is 0 Å². The van der Waals surface area contributed by atoms with Gasteiger partial charge in [0, 0.05) is 5.41 Å². The number of aryl methyl sites for hydroxylation is 1. The van der Waals surface area contributed by atoms with Gasteiger partial charge < -0.3 is 0 Å². The van der Waals surface area contributed by atoms with E-state index in [9.17, 15) is 0 Å². The van der Waals surface area contributed by atoms with Crippen molar-refractivity contribution in [3.8, 4) is 33.4 Å². The maximum absolute atomic E-state index is 2.44. The Balaban J connectivity index is 1.53. The molecule has 0 aromatic heterocycles. The van der Waals surface area contributed by atoms with Crippen molar-refractivity contribution in [2.24, 2.45) is 0 Å². The van der Waals surface area contributed by atoms with Crippen LogP contribution in [-0.2, 0) is 11.8 Å². The Morgan fingerprint density at radius 2 is 1.38 bits per heavy atom. The largest absolute Gasteiger partial charge is 0.0619 e. The third kappa shape index (κ3) is 2.26. The summed E-state index contributed by atoms with van der Waals surface area (Å²) in [5.74, 6) is 0. The molecule has 0 fully saturated rings. The monoisotopic (exact) mass is 372 g/mol. The van der Waals surface area contributed by atoms with E-state index in [1.165, 1.54) is 61.2 Å². The van der Waals surface area contributed by atoms with Gasteiger partial charge in [-0.2, -0.15) is 0 Å². The predicted molar refractivity (Wildman–Crippen MR) is 122 cm³/mol. The molecule has 2 aliphatic carbocycles. The third-order valence-corrected chi connectivity index (χ3v) is 6.99. The summed E-state index contributed by atoms with van der Waals surface area (Å²) < 4.78 is 0. The summed E-state index contributed by atoms with van der Waals surface area (Å²) in [5, 5.41) is 0. The Morgan fingerprint density at radius 3 is 2.28 bits per heavy atom. The highest BCUT2D eigenvalue weighted by atomic mass is 14.4. The van der Waals surface area contributed by atoms with Gasteiger partial charge in [0.25, 0.3) is 0 Å². The minimum absolute atomic E-state index is 0.0416. The van der Waals surface area contributed by atoms with Crippen LogP contribution < -0.4 is 0 Å². The van der Waals surface area contributed by atoms with Gasteiger partial charge in [0.1, 0.15) is 0 Å². The van der Waals surface area contributed by atoms with Crippen molar-refractivity contribution in [2.75, 3.05) is 0 Å². The Kier molecular flexibility index (Phi) is 3.30. The first-order valence-corrected chi connectivity index (χ1v) is 10.5. The van der Waals surface area contributed by atoms with Crippen molar-refractivity contribution in [1.82, 2.24) is 0 Å². The zero-order valence-corrected chi connectivity index (χ0v) is 17.2. The van der Waals surface area contributed by atoms with Crippen molar-refractivity contribution in [1.29, 1.82) is 0 Å². The molecular formula is C29H24. The number of hydrogen-bond acceptors (Lipinski definition) is 0. The zero-order valence-electron chi connectivity index (χ0n) is 17.2. The highest BCUT2D eigenvalue weighted by Gasteiger charge is 2.35. The van der Waals surface area contributed by atoms with Crippen LogP contribution in [0, 0.1) is 6.92 Å². The second kappa shape index (κ2) is 5.70. The summed E-state index contributed by atoms with van der Waals surface area (Å²) in [6.45, 7) is 6.90. The second-order valence-corrected chi connectivity index (χ2v) is 9.10. The molecule has 29 heavy (non-hydrogen) atoms. The number of benzene rings is 4. The molecule has 0 saturated carbocycles. The van der Waals surface area contributed by atoms with E-state index in [0.29, 0.717) is 0 Å². The van der Waals surface area contributed by atoms with Gasteiger partial charge >= 0.3 is 0 Å². The van der Waals surface area contributed by atoms with Crippen LogP contribution in [0.1, 0.15) is 41.7 Å². The van der Waals surface area contributed by atoms with Crippen molar-refractivity contribution in [2.45, 2.75) is 32.6 Å². The minimum Gasteiger partial charge on any atom is -0.0619 e. The number of rotatable bonds is 1. The van der Waals surface area contributed by atoms with Gasteiger partial charge in [0.05, 0.1) is 0 Å². The molecule has 0 heterocycles. The average Bonchev–Trinajstić information content (AvgIpc) is 3.21. The molecule has 0 spiro atoms. The van der Waals surface area contributed by atoms with Crippen molar-refractivity contribution in [3.05, 3.63) is 107 Å². The number of hydrogen-bond donors (Lipinski definition) is 0. The van der Waals surface area contributed by atoms with E-state index in [4.69, 9.17) is 0 Å². The van der Waals surface area contributed by atoms with E-state index in [0.717, 1.165) is 6.42 Å². The summed E-state index contributed by atoms with van der Waals surface area (Å²) in [6, 6.07) is 29.7. The van der Waals surface area contributed by atoms with Crippen LogP contribution in [0.5, 0.6) is 0 Å². The molecule has 0 radical (unpaired) electrons. The molecule has 0 saturated heterocycles. The van der Waals surface area contributed by atoms with E-state index in [-0.39, 0.29) is 5.41 Å². The van der Waals surface area contributed by atoms with Gasteiger partial charge in [0.2, 0.25) is 0 Å². The normalized spacial score (nSPS) is 14.9. The van der Waals surface area contributed by atoms with E-state index >= 15 is 0 Å². The average molecular weight is 373 g/mol. The Bertz CT molecular complexity index is 1300. The van der Waals surface area contributed by atoms with Crippen LogP contribution >= 0.6 is 0 Å². The highest BCUT2D eigenvalue weighted by molar-refractivity contribution is 5.88. The maximum atomic E-state index is 2.44. The summed E-state index contributed by atoms with van der Waals surface area (Å²) in [7, 11) is 0. The van der Waals surface area contributed by atoms with Gasteiger partial charge in [0.15, 0.2) is 0 Å². The Morgan fingerprint density at radius 1 is 0.621 bits per heavy atom. The van der Waals surface area contributed by atoms with Gasteiger partial charge in [-0.15, -0.1) is 0 Å². The summed E-state index contributed by atoms with van der Waals surface area (Å²) >= 11 is 0. The molecule has 0 aliphatic heterocycles. The maximum Gasteiger partial charge on any atom is 0.0159 e. The summed E-state index contributed by atoms with van der Waals surface area (Å²) in [6.07, 6.45) is 1.03. The van der Waals surface area contributed by atoms with E-state index in [1.807, 2.05) is 0 Å². The lowest BCUT2D eigenvalue weighted by Crippen LogP contribution is -2.14. The fraction of sp³-hybridized carbons (Fsp3) is 0.172. The first-order valence-electron chi connectivity index (χ1n) is 10.5. The molecule has 0 bridgehead atoms. The van der Waals surface area contributed by atoms with E-state index in [1.54, 1.807) is 0 Å². The minimum atomic E-state index is 0.0416. The fourth-order valence-corrected chi connectivity index (χ4v) is 5.46. The predicted octanol–water partition coefficient (Wildman–Crippen LogP) is 7.54. The molecule has 0 atom stereocenters. The van der Waals surface area contributed by atoms with Gasteiger partial charge in [-0.3, -0.25) is 0 Å². The molecule has 0 amide bonds. The quantitative estimate of drug-likeness (QED) is 0.285. The van der Waals surface area contributed by atoms with E-state index in [2.05, 4.69) is 99.6 Å². The van der Waals surface area contributed by atoms with Crippen LogP contribution in [0.2, 0.25) is 0 Å². The Labute approximate surface area is 172 Å². The smallest absolute Gasteiger partial charge is 0.0159 e. The van der Waals surface area contributed by atoms with Crippen LogP contribution in [0.25, 0.3) is 33.4 Å². The molecule has 0 heteroatoms. The van der Waals surface area contributed by atoms with Crippen LogP contribution in [0.3, 0.4) is 0 Å². The first kappa shape index (κ1) is 16.8. The van der Waals surface area contributed by atoms with Crippen molar-refractivity contribution < 1.29 is 0 Å². The lowest BCUT2D eigenvalue weighted by Gasteiger charge is -2.22. The molecule has 2 aliphatic rings. The van der Waals surface area contributed by atoms with Crippen molar-refractivity contribution in [3.63, 3.8) is 0 Å². The second-order valence-electron chi connectivity index (χ2n) is 9.10. The Hall–Kier alpha value is -3.12. The molecule has 4 aromatic carbocycles. The molecule has 0 nitrogen and oxygen atoms in total. The van der Waals surface area contributed by atoms with Gasteiger partial charge in [-0.1, -0.05) is 92.2 Å². The molecular weight excluding hydrogens is 348 g/mol. The number of fused-ring (bicyclic) bond motifs is 6. The highest BCUT2D eigenvalue weighted by Crippen LogP contribution is 2.50. The molecule has 0 N–H and O–H groups in total. The molecule has 140 valence electrons. The molecule has 0 unspecified atom stereocenters. The lowest BCUT2D eigenvalue weighted by molar-refractivity contribution is 0.660. The standard InChI is InChI=1S/C29H24/c1-18-11-12-19-16-26-21(8-6-9-22(26)25(19)15-18)20-13-14-24-23-7-4-5-10-27(23)29(2,3)28(24)17-20/h4-15,17H,16H2,1-3H3. The van der Waals surface area contributed by atoms with E-state index < -0.39 is 0 Å². The van der Waals surface area contributed by atoms with Gasteiger partial charge in [-0.25, -0.2) is 0 Å². The SMILES string of the molecule is Cc1ccc2c(c1)-c1cccc(-c3ccc4c(c3)C(C)(C)c3ccccc3-4)c1C2. The zero-order chi connectivity index (χ0) is 19.8.